The Morgan fingerprint density at radius 3 is 2.63 bits per heavy atom. The van der Waals surface area contributed by atoms with Crippen LogP contribution in [0.25, 0.3) is 0 Å². The number of halogens is 2. The summed E-state index contributed by atoms with van der Waals surface area (Å²) in [6.45, 7) is 0. The zero-order chi connectivity index (χ0) is 14.0. The van der Waals surface area contributed by atoms with Gasteiger partial charge in [-0.15, -0.1) is 11.3 Å². The second kappa shape index (κ2) is 5.81. The van der Waals surface area contributed by atoms with Crippen molar-refractivity contribution in [2.24, 2.45) is 0 Å². The highest BCUT2D eigenvalue weighted by Crippen LogP contribution is 2.31. The Balaban J connectivity index is 2.39. The maximum Gasteiger partial charge on any atom is 0.337 e. The molecule has 0 aliphatic rings. The Morgan fingerprint density at radius 1 is 1.32 bits per heavy atom. The average molecular weight is 406 g/mol. The predicted molar refractivity (Wildman–Crippen MR) is 78.9 cm³/mol. The number of carbonyl (C=O) groups excluding carboxylic acids is 1. The number of carboxylic acids is 1. The smallest absolute Gasteiger partial charge is 0.337 e. The van der Waals surface area contributed by atoms with E-state index in [4.69, 9.17) is 5.11 Å². The molecule has 0 spiro atoms. The van der Waals surface area contributed by atoms with E-state index in [-0.39, 0.29) is 16.9 Å². The number of nitrogens with zero attached hydrogens (tertiary/aromatic N) is 1. The lowest BCUT2D eigenvalue weighted by molar-refractivity contribution is 0.0698. The molecule has 2 aromatic rings. The minimum atomic E-state index is -1.13. The molecule has 5 nitrogen and oxygen atoms in total. The number of rotatable bonds is 3. The monoisotopic (exact) mass is 404 g/mol. The second-order valence-electron chi connectivity index (χ2n) is 3.44. The molecule has 0 saturated carbocycles. The summed E-state index contributed by atoms with van der Waals surface area (Å²) in [6, 6.07) is 3.08. The van der Waals surface area contributed by atoms with Gasteiger partial charge < -0.3 is 10.4 Å². The molecule has 0 bridgehead atoms. The Morgan fingerprint density at radius 2 is 2.05 bits per heavy atom. The van der Waals surface area contributed by atoms with Crippen LogP contribution in [0.5, 0.6) is 0 Å². The molecule has 0 unspecified atom stereocenters. The van der Waals surface area contributed by atoms with Gasteiger partial charge in [-0.3, -0.25) is 4.79 Å². The number of benzene rings is 1. The first kappa shape index (κ1) is 14.2. The van der Waals surface area contributed by atoms with E-state index in [0.717, 1.165) is 0 Å². The van der Waals surface area contributed by atoms with E-state index in [1.165, 1.54) is 22.9 Å². The van der Waals surface area contributed by atoms with Crippen molar-refractivity contribution in [2.75, 3.05) is 5.32 Å². The maximum absolute atomic E-state index is 11.9. The Labute approximate surface area is 128 Å². The maximum atomic E-state index is 11.9. The van der Waals surface area contributed by atoms with Gasteiger partial charge in [-0.05, 0) is 28.1 Å². The number of hydrogen-bond donors (Lipinski definition) is 2. The number of anilines is 1. The molecule has 2 rings (SSSR count). The van der Waals surface area contributed by atoms with Gasteiger partial charge in [0, 0.05) is 14.3 Å². The highest BCUT2D eigenvalue weighted by Gasteiger charge is 2.18. The fraction of sp³-hybridized carbons (Fsp3) is 0. The largest absolute Gasteiger partial charge is 0.478 e. The van der Waals surface area contributed by atoms with Gasteiger partial charge in [0.25, 0.3) is 5.91 Å². The van der Waals surface area contributed by atoms with Gasteiger partial charge in [-0.2, -0.15) is 0 Å². The molecule has 1 amide bonds. The van der Waals surface area contributed by atoms with Gasteiger partial charge in [-0.1, -0.05) is 15.9 Å². The van der Waals surface area contributed by atoms with Crippen LogP contribution in [0.2, 0.25) is 0 Å². The van der Waals surface area contributed by atoms with Crippen molar-refractivity contribution in [2.45, 2.75) is 0 Å². The fourth-order valence-corrected chi connectivity index (χ4v) is 3.23. The van der Waals surface area contributed by atoms with Crippen molar-refractivity contribution in [1.82, 2.24) is 4.98 Å². The van der Waals surface area contributed by atoms with Crippen LogP contribution in [0.15, 0.2) is 32.0 Å². The molecule has 0 aliphatic heterocycles. The lowest BCUT2D eigenvalue weighted by atomic mass is 10.2. The number of nitrogens with one attached hydrogen (secondary N) is 1. The summed E-state index contributed by atoms with van der Waals surface area (Å²) >= 11 is 7.72. The molecule has 0 fully saturated rings. The van der Waals surface area contributed by atoms with Gasteiger partial charge in [0.15, 0.2) is 0 Å². The van der Waals surface area contributed by atoms with Gasteiger partial charge in [0.2, 0.25) is 0 Å². The highest BCUT2D eigenvalue weighted by atomic mass is 79.9. The van der Waals surface area contributed by atoms with Crippen LogP contribution in [0.3, 0.4) is 0 Å². The third kappa shape index (κ3) is 3.20. The van der Waals surface area contributed by atoms with Gasteiger partial charge in [0.1, 0.15) is 5.69 Å². The van der Waals surface area contributed by atoms with Crippen molar-refractivity contribution in [3.63, 3.8) is 0 Å². The third-order valence-corrected chi connectivity index (χ3v) is 3.86. The zero-order valence-corrected chi connectivity index (χ0v) is 13.2. The molecule has 0 radical (unpaired) electrons. The SMILES string of the molecule is O=C(Nc1c(Br)cc(Br)cc1C(=O)O)c1cscn1. The number of carbonyl (C=O) groups is 2. The molecular weight excluding hydrogens is 400 g/mol. The molecule has 1 aromatic heterocycles. The third-order valence-electron chi connectivity index (χ3n) is 2.19. The molecule has 8 heteroatoms. The van der Waals surface area contributed by atoms with Crippen LogP contribution >= 0.6 is 43.2 Å². The van der Waals surface area contributed by atoms with E-state index in [2.05, 4.69) is 42.2 Å². The quantitative estimate of drug-likeness (QED) is 0.817. The molecule has 1 heterocycles. The average Bonchev–Trinajstić information content (AvgIpc) is 2.85. The highest BCUT2D eigenvalue weighted by molar-refractivity contribution is 9.11. The minimum absolute atomic E-state index is 0.00942. The number of carboxylic acid groups (broad SMARTS) is 1. The van der Waals surface area contributed by atoms with E-state index in [1.807, 2.05) is 0 Å². The Kier molecular flexibility index (Phi) is 4.33. The van der Waals surface area contributed by atoms with E-state index < -0.39 is 11.9 Å². The molecule has 2 N–H and O–H groups in total. The zero-order valence-electron chi connectivity index (χ0n) is 9.18. The molecule has 0 saturated heterocycles. The summed E-state index contributed by atoms with van der Waals surface area (Å²) in [5, 5.41) is 13.3. The molecule has 0 aliphatic carbocycles. The lowest BCUT2D eigenvalue weighted by Crippen LogP contribution is -2.15. The number of aromatic carboxylic acids is 1. The van der Waals surface area contributed by atoms with Gasteiger partial charge >= 0.3 is 5.97 Å². The molecule has 19 heavy (non-hydrogen) atoms. The van der Waals surface area contributed by atoms with Crippen molar-refractivity contribution >= 4 is 60.8 Å². The summed E-state index contributed by atoms with van der Waals surface area (Å²) in [4.78, 5) is 27.0. The van der Waals surface area contributed by atoms with E-state index in [9.17, 15) is 9.59 Å². The summed E-state index contributed by atoms with van der Waals surface area (Å²) in [5.41, 5.74) is 1.97. The minimum Gasteiger partial charge on any atom is -0.478 e. The topological polar surface area (TPSA) is 79.3 Å². The van der Waals surface area contributed by atoms with Crippen molar-refractivity contribution in [3.8, 4) is 0 Å². The number of hydrogen-bond acceptors (Lipinski definition) is 4. The van der Waals surface area contributed by atoms with Crippen molar-refractivity contribution in [3.05, 3.63) is 43.2 Å². The predicted octanol–water partition coefficient (Wildman–Crippen LogP) is 3.62. The van der Waals surface area contributed by atoms with Crippen LogP contribution in [0.4, 0.5) is 5.69 Å². The van der Waals surface area contributed by atoms with Crippen molar-refractivity contribution < 1.29 is 14.7 Å². The lowest BCUT2D eigenvalue weighted by Gasteiger charge is -2.10. The Bertz CT molecular complexity index is 644. The van der Waals surface area contributed by atoms with Crippen LogP contribution in [-0.4, -0.2) is 22.0 Å². The van der Waals surface area contributed by atoms with Crippen molar-refractivity contribution in [1.29, 1.82) is 0 Å². The van der Waals surface area contributed by atoms with Crippen LogP contribution in [0.1, 0.15) is 20.8 Å². The van der Waals surface area contributed by atoms with Crippen LogP contribution in [-0.2, 0) is 0 Å². The van der Waals surface area contributed by atoms with Crippen LogP contribution in [0, 0.1) is 0 Å². The molecule has 98 valence electrons. The van der Waals surface area contributed by atoms with Gasteiger partial charge in [0.05, 0.1) is 16.8 Å². The number of amides is 1. The number of aromatic nitrogens is 1. The summed E-state index contributed by atoms with van der Waals surface area (Å²) in [7, 11) is 0. The number of thiazole rings is 1. The van der Waals surface area contributed by atoms with E-state index >= 15 is 0 Å². The Hall–Kier alpha value is -1.25. The summed E-state index contributed by atoms with van der Waals surface area (Å²) in [5.74, 6) is -1.58. The van der Waals surface area contributed by atoms with Crippen LogP contribution < -0.4 is 5.32 Å². The normalized spacial score (nSPS) is 10.2. The second-order valence-corrected chi connectivity index (χ2v) is 5.93. The summed E-state index contributed by atoms with van der Waals surface area (Å²) in [6.07, 6.45) is 0. The van der Waals surface area contributed by atoms with Gasteiger partial charge in [-0.25, -0.2) is 9.78 Å². The fourth-order valence-electron chi connectivity index (χ4n) is 1.37. The first-order valence-corrected chi connectivity index (χ1v) is 7.44. The molecular formula is C11H6Br2N2O3S. The first-order valence-electron chi connectivity index (χ1n) is 4.91. The first-order chi connectivity index (χ1) is 8.99. The molecule has 1 aromatic carbocycles. The van der Waals surface area contributed by atoms with E-state index in [1.54, 1.807) is 11.4 Å². The summed E-state index contributed by atoms with van der Waals surface area (Å²) < 4.78 is 1.08. The van der Waals surface area contributed by atoms with E-state index in [0.29, 0.717) is 8.95 Å². The standard InChI is InChI=1S/C11H6Br2N2O3S/c12-5-1-6(11(17)18)9(7(13)2-5)15-10(16)8-3-19-4-14-8/h1-4H,(H,15,16)(H,17,18). The molecule has 0 atom stereocenters.